The Balaban J connectivity index is 3.67. The minimum absolute atomic E-state index is 0.293. The van der Waals surface area contributed by atoms with Crippen molar-refractivity contribution in [3.05, 3.63) is 0 Å². The zero-order valence-electron chi connectivity index (χ0n) is 9.08. The first-order chi connectivity index (χ1) is 6.76. The summed E-state index contributed by atoms with van der Waals surface area (Å²) < 4.78 is 0. The molecule has 0 aliphatic heterocycles. The van der Waals surface area contributed by atoms with Gasteiger partial charge in [-0.15, -0.1) is 0 Å². The van der Waals surface area contributed by atoms with E-state index in [1.165, 1.54) is 4.90 Å². The molecular weight excluding hydrogens is 180 g/mol. The van der Waals surface area contributed by atoms with E-state index in [0.717, 1.165) is 25.7 Å². The maximum atomic E-state index is 11.2. The normalized spacial score (nSPS) is 9.57. The van der Waals surface area contributed by atoms with E-state index in [9.17, 15) is 9.59 Å². The van der Waals surface area contributed by atoms with Gasteiger partial charge in [-0.1, -0.05) is 26.2 Å². The van der Waals surface area contributed by atoms with Crippen LogP contribution in [0.4, 0.5) is 4.79 Å². The molecule has 0 atom stereocenters. The molecule has 0 spiro atoms. The number of unbranched alkanes of at least 4 members (excludes halogenated alkanes) is 3. The molecule has 0 aliphatic rings. The lowest BCUT2D eigenvalue weighted by Gasteiger charge is -2.15. The highest BCUT2D eigenvalue weighted by molar-refractivity contribution is 5.84. The van der Waals surface area contributed by atoms with E-state index in [1.807, 2.05) is 6.92 Å². The Bertz CT molecular complexity index is 172. The topological polar surface area (TPSA) is 49.4 Å². The molecule has 0 aromatic carbocycles. The summed E-state index contributed by atoms with van der Waals surface area (Å²) in [7, 11) is 0. The van der Waals surface area contributed by atoms with E-state index >= 15 is 0 Å². The van der Waals surface area contributed by atoms with E-state index < -0.39 is 0 Å². The minimum atomic E-state index is -0.293. The molecule has 0 aliphatic carbocycles. The molecule has 4 nitrogen and oxygen atoms in total. The second-order valence-electron chi connectivity index (χ2n) is 3.19. The van der Waals surface area contributed by atoms with E-state index in [2.05, 4.69) is 12.2 Å². The summed E-state index contributed by atoms with van der Waals surface area (Å²) >= 11 is 0. The van der Waals surface area contributed by atoms with Crippen molar-refractivity contribution in [2.24, 2.45) is 0 Å². The SMILES string of the molecule is CCCCCCN(C=O)C(=O)NCC. The highest BCUT2D eigenvalue weighted by Crippen LogP contribution is 2.00. The molecule has 0 fully saturated rings. The van der Waals surface area contributed by atoms with Gasteiger partial charge < -0.3 is 5.32 Å². The summed E-state index contributed by atoms with van der Waals surface area (Å²) in [4.78, 5) is 23.0. The van der Waals surface area contributed by atoms with Gasteiger partial charge in [-0.25, -0.2) is 4.79 Å². The van der Waals surface area contributed by atoms with Crippen LogP contribution in [0, 0.1) is 0 Å². The van der Waals surface area contributed by atoms with Crippen LogP contribution in [-0.2, 0) is 4.79 Å². The van der Waals surface area contributed by atoms with Crippen LogP contribution in [0.25, 0.3) is 0 Å². The summed E-state index contributed by atoms with van der Waals surface area (Å²) in [6, 6.07) is -0.293. The Morgan fingerprint density at radius 2 is 2.00 bits per heavy atom. The monoisotopic (exact) mass is 200 g/mol. The quantitative estimate of drug-likeness (QED) is 0.503. The summed E-state index contributed by atoms with van der Waals surface area (Å²) in [5, 5.41) is 2.59. The molecular formula is C10H20N2O2. The summed E-state index contributed by atoms with van der Waals surface area (Å²) in [5.74, 6) is 0. The third kappa shape index (κ3) is 5.56. The number of imide groups is 1. The zero-order chi connectivity index (χ0) is 10.8. The van der Waals surface area contributed by atoms with Crippen molar-refractivity contribution in [1.82, 2.24) is 10.2 Å². The molecule has 82 valence electrons. The molecule has 0 aromatic heterocycles. The number of amides is 3. The fourth-order valence-corrected chi connectivity index (χ4v) is 1.16. The number of hydrogen-bond acceptors (Lipinski definition) is 2. The van der Waals surface area contributed by atoms with Gasteiger partial charge in [0.2, 0.25) is 6.41 Å². The highest BCUT2D eigenvalue weighted by atomic mass is 16.2. The average molecular weight is 200 g/mol. The molecule has 0 saturated carbocycles. The van der Waals surface area contributed by atoms with Gasteiger partial charge >= 0.3 is 6.03 Å². The van der Waals surface area contributed by atoms with Gasteiger partial charge in [-0.05, 0) is 13.3 Å². The molecule has 0 rings (SSSR count). The Morgan fingerprint density at radius 3 is 2.50 bits per heavy atom. The van der Waals surface area contributed by atoms with Gasteiger partial charge in [-0.3, -0.25) is 9.69 Å². The Labute approximate surface area is 85.7 Å². The number of hydrogen-bond donors (Lipinski definition) is 1. The van der Waals surface area contributed by atoms with Crippen LogP contribution in [0.3, 0.4) is 0 Å². The zero-order valence-corrected chi connectivity index (χ0v) is 9.08. The fraction of sp³-hybridized carbons (Fsp3) is 0.800. The minimum Gasteiger partial charge on any atom is -0.338 e. The first kappa shape index (κ1) is 12.9. The predicted octanol–water partition coefficient (Wildman–Crippen LogP) is 1.75. The molecule has 0 aromatic rings. The first-order valence-corrected chi connectivity index (χ1v) is 5.26. The number of rotatable bonds is 7. The molecule has 0 bridgehead atoms. The number of urea groups is 1. The van der Waals surface area contributed by atoms with Gasteiger partial charge in [0.05, 0.1) is 0 Å². The van der Waals surface area contributed by atoms with E-state index in [4.69, 9.17) is 0 Å². The van der Waals surface area contributed by atoms with Crippen molar-refractivity contribution in [2.75, 3.05) is 13.1 Å². The predicted molar refractivity (Wildman–Crippen MR) is 56.0 cm³/mol. The lowest BCUT2D eigenvalue weighted by molar-refractivity contribution is -0.115. The van der Waals surface area contributed by atoms with Crippen LogP contribution in [0.2, 0.25) is 0 Å². The van der Waals surface area contributed by atoms with Crippen LogP contribution < -0.4 is 5.32 Å². The second kappa shape index (κ2) is 8.53. The number of carbonyl (C=O) groups is 2. The van der Waals surface area contributed by atoms with Gasteiger partial charge in [0.25, 0.3) is 0 Å². The van der Waals surface area contributed by atoms with Crippen LogP contribution in [-0.4, -0.2) is 30.4 Å². The van der Waals surface area contributed by atoms with Gasteiger partial charge in [0.15, 0.2) is 0 Å². The van der Waals surface area contributed by atoms with Crippen molar-refractivity contribution in [3.8, 4) is 0 Å². The maximum Gasteiger partial charge on any atom is 0.323 e. The summed E-state index contributed by atoms with van der Waals surface area (Å²) in [6.45, 7) is 5.03. The average Bonchev–Trinajstić information content (AvgIpc) is 2.18. The molecule has 3 amide bonds. The molecule has 0 saturated heterocycles. The summed E-state index contributed by atoms with van der Waals surface area (Å²) in [6.07, 6.45) is 4.87. The largest absolute Gasteiger partial charge is 0.338 e. The first-order valence-electron chi connectivity index (χ1n) is 5.26. The number of nitrogens with zero attached hydrogens (tertiary/aromatic N) is 1. The maximum absolute atomic E-state index is 11.2. The van der Waals surface area contributed by atoms with Crippen molar-refractivity contribution < 1.29 is 9.59 Å². The highest BCUT2D eigenvalue weighted by Gasteiger charge is 2.09. The number of carbonyl (C=O) groups excluding carboxylic acids is 2. The molecule has 0 unspecified atom stereocenters. The second-order valence-corrected chi connectivity index (χ2v) is 3.19. The Kier molecular flexibility index (Phi) is 7.89. The molecule has 0 radical (unpaired) electrons. The standard InChI is InChI=1S/C10H20N2O2/c1-3-5-6-7-8-12(9-13)10(14)11-4-2/h9H,3-8H2,1-2H3,(H,11,14). The van der Waals surface area contributed by atoms with Gasteiger partial charge in [0.1, 0.15) is 0 Å². The van der Waals surface area contributed by atoms with Crippen molar-refractivity contribution in [3.63, 3.8) is 0 Å². The van der Waals surface area contributed by atoms with E-state index in [1.54, 1.807) is 0 Å². The van der Waals surface area contributed by atoms with E-state index in [-0.39, 0.29) is 6.03 Å². The fourth-order valence-electron chi connectivity index (χ4n) is 1.16. The van der Waals surface area contributed by atoms with Crippen molar-refractivity contribution in [1.29, 1.82) is 0 Å². The van der Waals surface area contributed by atoms with Crippen LogP contribution in [0.5, 0.6) is 0 Å². The smallest absolute Gasteiger partial charge is 0.323 e. The molecule has 1 N–H and O–H groups in total. The molecule has 14 heavy (non-hydrogen) atoms. The van der Waals surface area contributed by atoms with Crippen molar-refractivity contribution in [2.45, 2.75) is 39.5 Å². The molecule has 4 heteroatoms. The molecule has 0 heterocycles. The van der Waals surface area contributed by atoms with E-state index in [0.29, 0.717) is 19.5 Å². The third-order valence-corrected chi connectivity index (χ3v) is 1.97. The summed E-state index contributed by atoms with van der Waals surface area (Å²) in [5.41, 5.74) is 0. The van der Waals surface area contributed by atoms with Gasteiger partial charge in [0, 0.05) is 13.1 Å². The lowest BCUT2D eigenvalue weighted by atomic mass is 10.2. The van der Waals surface area contributed by atoms with Crippen LogP contribution in [0.1, 0.15) is 39.5 Å². The lowest BCUT2D eigenvalue weighted by Crippen LogP contribution is -2.39. The van der Waals surface area contributed by atoms with Crippen molar-refractivity contribution >= 4 is 12.4 Å². The van der Waals surface area contributed by atoms with Crippen LogP contribution >= 0.6 is 0 Å². The third-order valence-electron chi connectivity index (χ3n) is 1.97. The number of nitrogens with one attached hydrogen (secondary N) is 1. The Morgan fingerprint density at radius 1 is 1.29 bits per heavy atom. The Hall–Kier alpha value is -1.06. The van der Waals surface area contributed by atoms with Gasteiger partial charge in [-0.2, -0.15) is 0 Å². The van der Waals surface area contributed by atoms with Crippen LogP contribution in [0.15, 0.2) is 0 Å².